The maximum Gasteiger partial charge on any atom is 0.269 e. The van der Waals surface area contributed by atoms with E-state index in [0.29, 0.717) is 24.9 Å². The van der Waals surface area contributed by atoms with E-state index in [4.69, 9.17) is 4.74 Å². The fourth-order valence-electron chi connectivity index (χ4n) is 3.34. The number of ketones is 1. The number of fused-ring (bicyclic) bond motifs is 1. The minimum absolute atomic E-state index is 0.00812. The van der Waals surface area contributed by atoms with E-state index in [9.17, 15) is 14.9 Å². The van der Waals surface area contributed by atoms with Crippen LogP contribution in [0.2, 0.25) is 0 Å². The summed E-state index contributed by atoms with van der Waals surface area (Å²) in [5.74, 6) is 0.728. The molecule has 0 saturated carbocycles. The van der Waals surface area contributed by atoms with Gasteiger partial charge in [-0.15, -0.1) is 0 Å². The molecule has 5 nitrogen and oxygen atoms in total. The minimum Gasteiger partial charge on any atom is -0.497 e. The first-order valence-electron chi connectivity index (χ1n) is 8.17. The highest BCUT2D eigenvalue weighted by atomic mass is 16.5. The molecule has 2 aromatic rings. The van der Waals surface area contributed by atoms with Crippen LogP contribution in [0.15, 0.2) is 35.1 Å². The second-order valence-electron chi connectivity index (χ2n) is 7.21. The summed E-state index contributed by atoms with van der Waals surface area (Å²) in [4.78, 5) is 25.2. The number of carbonyl (C=O) groups excluding carboxylic acids is 1. The molecule has 0 amide bonds. The quantitative estimate of drug-likeness (QED) is 0.864. The number of methoxy groups -OCH3 is 1. The smallest absolute Gasteiger partial charge is 0.269 e. The molecular formula is C20H20N2O3. The molecule has 0 fully saturated rings. The van der Waals surface area contributed by atoms with Crippen LogP contribution in [-0.4, -0.2) is 17.5 Å². The summed E-state index contributed by atoms with van der Waals surface area (Å²) in [6, 6.07) is 10.8. The van der Waals surface area contributed by atoms with Gasteiger partial charge in [-0.1, -0.05) is 26.0 Å². The van der Waals surface area contributed by atoms with Crippen molar-refractivity contribution in [1.29, 1.82) is 5.26 Å². The zero-order chi connectivity index (χ0) is 18.2. The zero-order valence-corrected chi connectivity index (χ0v) is 14.6. The van der Waals surface area contributed by atoms with Crippen LogP contribution in [0.4, 0.5) is 0 Å². The van der Waals surface area contributed by atoms with E-state index < -0.39 is 0 Å². The van der Waals surface area contributed by atoms with E-state index >= 15 is 0 Å². The van der Waals surface area contributed by atoms with Gasteiger partial charge in [0, 0.05) is 17.7 Å². The minimum atomic E-state index is -0.345. The van der Waals surface area contributed by atoms with Crippen LogP contribution in [0, 0.1) is 16.7 Å². The molecule has 0 bridgehead atoms. The summed E-state index contributed by atoms with van der Waals surface area (Å²) in [5.41, 5.74) is 1.61. The van der Waals surface area contributed by atoms with Crippen LogP contribution >= 0.6 is 0 Å². The van der Waals surface area contributed by atoms with E-state index in [-0.39, 0.29) is 22.3 Å². The third-order valence-electron chi connectivity index (χ3n) is 4.61. The molecule has 3 rings (SSSR count). The van der Waals surface area contributed by atoms with Crippen molar-refractivity contribution in [2.24, 2.45) is 5.41 Å². The number of aromatic nitrogens is 1. The van der Waals surface area contributed by atoms with Crippen molar-refractivity contribution < 1.29 is 9.53 Å². The first-order chi connectivity index (χ1) is 11.8. The monoisotopic (exact) mass is 336 g/mol. The van der Waals surface area contributed by atoms with Gasteiger partial charge >= 0.3 is 0 Å². The number of carbonyl (C=O) groups is 1. The Morgan fingerprint density at radius 3 is 2.48 bits per heavy atom. The highest BCUT2D eigenvalue weighted by molar-refractivity contribution is 5.99. The molecule has 0 aliphatic heterocycles. The summed E-state index contributed by atoms with van der Waals surface area (Å²) < 4.78 is 6.73. The third kappa shape index (κ3) is 3.20. The summed E-state index contributed by atoms with van der Waals surface area (Å²) in [6.07, 6.45) is 1.05. The molecular weight excluding hydrogens is 316 g/mol. The number of hydrogen-bond acceptors (Lipinski definition) is 4. The Balaban J connectivity index is 2.14. The average molecular weight is 336 g/mol. The molecule has 1 aliphatic rings. The predicted octanol–water partition coefficient (Wildman–Crippen LogP) is 2.93. The number of pyridine rings is 1. The Morgan fingerprint density at radius 1 is 1.20 bits per heavy atom. The summed E-state index contributed by atoms with van der Waals surface area (Å²) >= 11 is 0. The van der Waals surface area contributed by atoms with Gasteiger partial charge in [0.05, 0.1) is 13.7 Å². The SMILES string of the molecule is COc1ccc(Cn2c3c(cc(C#N)c2=O)C(=O)CC(C)(C)C3)cc1. The fourth-order valence-corrected chi connectivity index (χ4v) is 3.34. The van der Waals surface area contributed by atoms with Crippen LogP contribution in [0.5, 0.6) is 5.75 Å². The molecule has 1 heterocycles. The van der Waals surface area contributed by atoms with Gasteiger partial charge in [-0.2, -0.15) is 5.26 Å². The number of rotatable bonds is 3. The first-order valence-corrected chi connectivity index (χ1v) is 8.17. The Kier molecular flexibility index (Phi) is 4.22. The molecule has 0 radical (unpaired) electrons. The van der Waals surface area contributed by atoms with Crippen molar-refractivity contribution in [2.75, 3.05) is 7.11 Å². The average Bonchev–Trinajstić information content (AvgIpc) is 2.57. The van der Waals surface area contributed by atoms with Gasteiger partial charge in [-0.05, 0) is 35.6 Å². The maximum atomic E-state index is 12.7. The van der Waals surface area contributed by atoms with Crippen LogP contribution < -0.4 is 10.3 Å². The van der Waals surface area contributed by atoms with Gasteiger partial charge in [0.25, 0.3) is 5.56 Å². The summed E-state index contributed by atoms with van der Waals surface area (Å²) in [7, 11) is 1.60. The normalized spacial score (nSPS) is 15.4. The van der Waals surface area contributed by atoms with Gasteiger partial charge in [0.2, 0.25) is 0 Å². The van der Waals surface area contributed by atoms with Crippen molar-refractivity contribution in [3.8, 4) is 11.8 Å². The van der Waals surface area contributed by atoms with E-state index in [1.807, 2.05) is 44.2 Å². The Hall–Kier alpha value is -2.87. The Labute approximate surface area is 146 Å². The number of benzene rings is 1. The Bertz CT molecular complexity index is 931. The number of hydrogen-bond donors (Lipinski definition) is 0. The maximum absolute atomic E-state index is 12.7. The molecule has 25 heavy (non-hydrogen) atoms. The lowest BCUT2D eigenvalue weighted by atomic mass is 9.75. The van der Waals surface area contributed by atoms with Gasteiger partial charge in [0.1, 0.15) is 17.4 Å². The molecule has 0 atom stereocenters. The van der Waals surface area contributed by atoms with Gasteiger partial charge in [-0.3, -0.25) is 9.59 Å². The lowest BCUT2D eigenvalue weighted by Gasteiger charge is -2.32. The first kappa shape index (κ1) is 17.0. The van der Waals surface area contributed by atoms with E-state index in [2.05, 4.69) is 0 Å². The molecule has 0 spiro atoms. The van der Waals surface area contributed by atoms with E-state index in [1.165, 1.54) is 6.07 Å². The second-order valence-corrected chi connectivity index (χ2v) is 7.21. The van der Waals surface area contributed by atoms with Gasteiger partial charge < -0.3 is 9.30 Å². The molecule has 1 aliphatic carbocycles. The lowest BCUT2D eigenvalue weighted by molar-refractivity contribution is 0.0907. The van der Waals surface area contributed by atoms with Crippen LogP contribution in [0.1, 0.15) is 47.4 Å². The molecule has 1 aromatic heterocycles. The number of nitrogens with zero attached hydrogens (tertiary/aromatic N) is 2. The fraction of sp³-hybridized carbons (Fsp3) is 0.350. The molecule has 1 aromatic carbocycles. The third-order valence-corrected chi connectivity index (χ3v) is 4.61. The van der Waals surface area contributed by atoms with Crippen LogP contribution in [0.3, 0.4) is 0 Å². The Morgan fingerprint density at radius 2 is 1.88 bits per heavy atom. The van der Waals surface area contributed by atoms with Crippen LogP contribution in [0.25, 0.3) is 0 Å². The van der Waals surface area contributed by atoms with Crippen molar-refractivity contribution in [1.82, 2.24) is 4.57 Å². The summed E-state index contributed by atoms with van der Waals surface area (Å²) in [5, 5.41) is 9.28. The zero-order valence-electron chi connectivity index (χ0n) is 14.6. The molecule has 0 saturated heterocycles. The highest BCUT2D eigenvalue weighted by Crippen LogP contribution is 2.34. The van der Waals surface area contributed by atoms with E-state index in [1.54, 1.807) is 11.7 Å². The molecule has 0 N–H and O–H groups in total. The van der Waals surface area contributed by atoms with Crippen molar-refractivity contribution in [3.63, 3.8) is 0 Å². The van der Waals surface area contributed by atoms with Crippen molar-refractivity contribution in [3.05, 3.63) is 63.1 Å². The van der Waals surface area contributed by atoms with Crippen molar-refractivity contribution >= 4 is 5.78 Å². The molecule has 0 unspecified atom stereocenters. The van der Waals surface area contributed by atoms with E-state index in [0.717, 1.165) is 17.0 Å². The standard InChI is InChI=1S/C20H20N2O3/c1-20(2)9-17-16(18(23)10-20)8-14(11-21)19(24)22(17)12-13-4-6-15(25-3)7-5-13/h4-8H,9-10,12H2,1-3H3. The largest absolute Gasteiger partial charge is 0.497 e. The number of nitriles is 1. The van der Waals surface area contributed by atoms with Gasteiger partial charge in [-0.25, -0.2) is 0 Å². The predicted molar refractivity (Wildman–Crippen MR) is 93.9 cm³/mol. The van der Waals surface area contributed by atoms with Crippen LogP contribution in [-0.2, 0) is 13.0 Å². The molecule has 128 valence electrons. The van der Waals surface area contributed by atoms with Crippen molar-refractivity contribution in [2.45, 2.75) is 33.2 Å². The summed E-state index contributed by atoms with van der Waals surface area (Å²) in [6.45, 7) is 4.37. The number of Topliss-reactive ketones (excluding diaryl/α,β-unsaturated/α-hetero) is 1. The topological polar surface area (TPSA) is 72.1 Å². The highest BCUT2D eigenvalue weighted by Gasteiger charge is 2.33. The lowest BCUT2D eigenvalue weighted by Crippen LogP contribution is -2.36. The van der Waals surface area contributed by atoms with Gasteiger partial charge in [0.15, 0.2) is 5.78 Å². The second kappa shape index (κ2) is 6.21. The molecule has 5 heteroatoms. The number of ether oxygens (including phenoxy) is 1.